The molecule has 2 fully saturated rings. The first kappa shape index (κ1) is 18.9. The van der Waals surface area contributed by atoms with Crippen LogP contribution in [0.2, 0.25) is 0 Å². The molecule has 8 heteroatoms. The molecule has 1 aromatic heterocycles. The first-order valence-electron chi connectivity index (χ1n) is 9.68. The number of benzene rings is 1. The molecule has 0 N–H and O–H groups in total. The van der Waals surface area contributed by atoms with Crippen molar-refractivity contribution in [2.24, 2.45) is 0 Å². The zero-order valence-electron chi connectivity index (χ0n) is 16.0. The number of para-hydroxylation sites is 1. The number of methoxy groups -OCH3 is 1. The van der Waals surface area contributed by atoms with Crippen molar-refractivity contribution in [2.75, 3.05) is 40.0 Å². The Morgan fingerprint density at radius 1 is 1.25 bits per heavy atom. The average molecular weight is 387 g/mol. The molecule has 8 nitrogen and oxygen atoms in total. The number of ether oxygens (including phenoxy) is 3. The SMILES string of the molecule is COCCOCC(=O)N1CCC(Oc2ccccc2-c2nc(C3CC3)no2)C1. The number of hydrogen-bond acceptors (Lipinski definition) is 7. The van der Waals surface area contributed by atoms with Gasteiger partial charge in [0.1, 0.15) is 18.5 Å². The smallest absolute Gasteiger partial charge is 0.261 e. The number of carbonyl (C=O) groups excluding carboxylic acids is 1. The molecule has 2 aliphatic rings. The Labute approximate surface area is 163 Å². The summed E-state index contributed by atoms with van der Waals surface area (Å²) in [5, 5.41) is 4.09. The summed E-state index contributed by atoms with van der Waals surface area (Å²) in [6.45, 7) is 2.16. The van der Waals surface area contributed by atoms with Gasteiger partial charge in [-0.15, -0.1) is 0 Å². The van der Waals surface area contributed by atoms with Crippen LogP contribution in [0.4, 0.5) is 0 Å². The molecule has 1 saturated heterocycles. The average Bonchev–Trinajstić information content (AvgIpc) is 3.25. The van der Waals surface area contributed by atoms with Gasteiger partial charge in [-0.1, -0.05) is 17.3 Å². The van der Waals surface area contributed by atoms with Crippen LogP contribution in [0.5, 0.6) is 5.75 Å². The lowest BCUT2D eigenvalue weighted by Gasteiger charge is -2.18. The Morgan fingerprint density at radius 3 is 2.93 bits per heavy atom. The summed E-state index contributed by atoms with van der Waals surface area (Å²) in [6.07, 6.45) is 2.95. The van der Waals surface area contributed by atoms with Gasteiger partial charge in [0.2, 0.25) is 5.91 Å². The Morgan fingerprint density at radius 2 is 2.11 bits per heavy atom. The van der Waals surface area contributed by atoms with Gasteiger partial charge in [0, 0.05) is 26.0 Å². The van der Waals surface area contributed by atoms with Crippen LogP contribution in [0.3, 0.4) is 0 Å². The number of aromatic nitrogens is 2. The van der Waals surface area contributed by atoms with E-state index < -0.39 is 0 Å². The normalized spacial score (nSPS) is 19.2. The highest BCUT2D eigenvalue weighted by Gasteiger charge is 2.31. The van der Waals surface area contributed by atoms with E-state index in [1.54, 1.807) is 12.0 Å². The van der Waals surface area contributed by atoms with Crippen molar-refractivity contribution in [3.63, 3.8) is 0 Å². The van der Waals surface area contributed by atoms with Crippen molar-refractivity contribution in [1.29, 1.82) is 0 Å². The zero-order chi connectivity index (χ0) is 19.3. The van der Waals surface area contributed by atoms with E-state index in [9.17, 15) is 4.79 Å². The Bertz CT molecular complexity index is 805. The summed E-state index contributed by atoms with van der Waals surface area (Å²) in [7, 11) is 1.60. The first-order chi connectivity index (χ1) is 13.7. The molecule has 1 aromatic carbocycles. The van der Waals surface area contributed by atoms with E-state index >= 15 is 0 Å². The highest BCUT2D eigenvalue weighted by Crippen LogP contribution is 2.39. The maximum absolute atomic E-state index is 12.2. The highest BCUT2D eigenvalue weighted by molar-refractivity contribution is 5.77. The molecule has 0 bridgehead atoms. The van der Waals surface area contributed by atoms with Crippen LogP contribution < -0.4 is 4.74 Å². The fourth-order valence-corrected chi connectivity index (χ4v) is 3.22. The van der Waals surface area contributed by atoms with Crippen LogP contribution in [0.15, 0.2) is 28.8 Å². The molecule has 1 atom stereocenters. The molecular weight excluding hydrogens is 362 g/mol. The zero-order valence-corrected chi connectivity index (χ0v) is 16.0. The van der Waals surface area contributed by atoms with Crippen molar-refractivity contribution in [2.45, 2.75) is 31.3 Å². The van der Waals surface area contributed by atoms with Crippen molar-refractivity contribution >= 4 is 5.91 Å². The van der Waals surface area contributed by atoms with Crippen molar-refractivity contribution in [3.8, 4) is 17.2 Å². The molecular formula is C20H25N3O5. The second kappa shape index (κ2) is 8.70. The van der Waals surface area contributed by atoms with Crippen LogP contribution >= 0.6 is 0 Å². The van der Waals surface area contributed by atoms with E-state index in [-0.39, 0.29) is 18.6 Å². The Hall–Kier alpha value is -2.45. The van der Waals surface area contributed by atoms with E-state index in [4.69, 9.17) is 18.7 Å². The van der Waals surface area contributed by atoms with Gasteiger partial charge >= 0.3 is 0 Å². The second-order valence-corrected chi connectivity index (χ2v) is 7.14. The standard InChI is InChI=1S/C20H25N3O5/c1-25-10-11-26-13-18(24)23-9-8-15(12-23)27-17-5-3-2-4-16(17)20-21-19(22-28-20)14-6-7-14/h2-5,14-15H,6-13H2,1H3. The highest BCUT2D eigenvalue weighted by atomic mass is 16.5. The third kappa shape index (κ3) is 4.51. The maximum Gasteiger partial charge on any atom is 0.261 e. The fraction of sp³-hybridized carbons (Fsp3) is 0.550. The molecule has 0 spiro atoms. The molecule has 2 aromatic rings. The number of likely N-dealkylation sites (tertiary alicyclic amines) is 1. The summed E-state index contributed by atoms with van der Waals surface area (Å²) in [5.74, 6) is 2.36. The molecule has 1 aliphatic carbocycles. The summed E-state index contributed by atoms with van der Waals surface area (Å²) in [6, 6.07) is 7.65. The minimum absolute atomic E-state index is 0.0264. The van der Waals surface area contributed by atoms with Crippen molar-refractivity contribution in [3.05, 3.63) is 30.1 Å². The van der Waals surface area contributed by atoms with Crippen LogP contribution in [0.25, 0.3) is 11.5 Å². The van der Waals surface area contributed by atoms with E-state index in [0.29, 0.717) is 43.9 Å². The van der Waals surface area contributed by atoms with Gasteiger partial charge in [-0.3, -0.25) is 4.79 Å². The molecule has 4 rings (SSSR count). The van der Waals surface area contributed by atoms with Crippen molar-refractivity contribution in [1.82, 2.24) is 15.0 Å². The number of nitrogens with zero attached hydrogens (tertiary/aromatic N) is 3. The van der Waals surface area contributed by atoms with Crippen molar-refractivity contribution < 1.29 is 23.5 Å². The molecule has 1 saturated carbocycles. The monoisotopic (exact) mass is 387 g/mol. The minimum Gasteiger partial charge on any atom is -0.488 e. The van der Waals surface area contributed by atoms with Crippen LogP contribution in [0.1, 0.15) is 31.0 Å². The lowest BCUT2D eigenvalue weighted by atomic mass is 10.2. The molecule has 1 aliphatic heterocycles. The van der Waals surface area contributed by atoms with Crippen LogP contribution in [-0.2, 0) is 14.3 Å². The summed E-state index contributed by atoms with van der Waals surface area (Å²) in [5.41, 5.74) is 0.787. The third-order valence-corrected chi connectivity index (χ3v) is 4.95. The number of amides is 1. The van der Waals surface area contributed by atoms with Gasteiger partial charge in [-0.05, 0) is 25.0 Å². The van der Waals surface area contributed by atoms with Gasteiger partial charge < -0.3 is 23.6 Å². The molecule has 0 radical (unpaired) electrons. The van der Waals surface area contributed by atoms with Crippen LogP contribution in [0, 0.1) is 0 Å². The maximum atomic E-state index is 12.2. The van der Waals surface area contributed by atoms with Gasteiger partial charge in [-0.2, -0.15) is 4.98 Å². The second-order valence-electron chi connectivity index (χ2n) is 7.14. The van der Waals surface area contributed by atoms with Gasteiger partial charge in [0.25, 0.3) is 5.89 Å². The van der Waals surface area contributed by atoms with E-state index in [1.165, 1.54) is 0 Å². The topological polar surface area (TPSA) is 86.9 Å². The number of carbonyl (C=O) groups is 1. The first-order valence-corrected chi connectivity index (χ1v) is 9.68. The number of rotatable bonds is 9. The lowest BCUT2D eigenvalue weighted by molar-refractivity contribution is -0.135. The molecule has 1 unspecified atom stereocenters. The van der Waals surface area contributed by atoms with Gasteiger partial charge in [0.15, 0.2) is 5.82 Å². The van der Waals surface area contributed by atoms with Gasteiger partial charge in [0.05, 0.1) is 25.3 Å². The molecule has 1 amide bonds. The minimum atomic E-state index is -0.0742. The van der Waals surface area contributed by atoms with E-state index in [2.05, 4.69) is 10.1 Å². The lowest BCUT2D eigenvalue weighted by Crippen LogP contribution is -2.34. The summed E-state index contributed by atoms with van der Waals surface area (Å²) < 4.78 is 21.9. The largest absolute Gasteiger partial charge is 0.488 e. The van der Waals surface area contributed by atoms with E-state index in [1.807, 2.05) is 24.3 Å². The summed E-state index contributed by atoms with van der Waals surface area (Å²) in [4.78, 5) is 18.5. The Kier molecular flexibility index (Phi) is 5.87. The quantitative estimate of drug-likeness (QED) is 0.610. The molecule has 2 heterocycles. The van der Waals surface area contributed by atoms with Crippen LogP contribution in [-0.4, -0.2) is 67.1 Å². The summed E-state index contributed by atoms with van der Waals surface area (Å²) >= 11 is 0. The predicted molar refractivity (Wildman–Crippen MR) is 100 cm³/mol. The van der Waals surface area contributed by atoms with E-state index in [0.717, 1.165) is 30.7 Å². The molecule has 28 heavy (non-hydrogen) atoms. The Balaban J connectivity index is 1.35. The fourth-order valence-electron chi connectivity index (χ4n) is 3.22. The third-order valence-electron chi connectivity index (χ3n) is 4.95. The predicted octanol–water partition coefficient (Wildman–Crippen LogP) is 2.26. The number of hydrogen-bond donors (Lipinski definition) is 0. The molecule has 150 valence electrons. The van der Waals surface area contributed by atoms with Gasteiger partial charge in [-0.25, -0.2) is 0 Å².